The number of nitrogens with two attached hydrogens (primary N) is 1. The normalized spacial score (nSPS) is 11.6. The summed E-state index contributed by atoms with van der Waals surface area (Å²) in [6.45, 7) is 1.62. The molecule has 0 atom stereocenters. The number of alkyl halides is 3. The molecule has 6 nitrogen and oxygen atoms in total. The molecule has 0 aliphatic rings. The first-order chi connectivity index (χ1) is 15.1. The standard InChI is InChI=1S/C23H19F3N4O2/c1-13-6-8-16(11-20(13)31)28-22-29-18-10-14(21(27)32)7-9-19(18)30(22)12-15-4-2-3-5-17(15)23(24,25)26/h2-11,31H,12H2,1H3,(H2,27,32)(H,28,29). The number of halogens is 3. The number of phenols is 1. The topological polar surface area (TPSA) is 93.2 Å². The fourth-order valence-corrected chi connectivity index (χ4v) is 3.46. The van der Waals surface area contributed by atoms with E-state index in [0.717, 1.165) is 6.07 Å². The summed E-state index contributed by atoms with van der Waals surface area (Å²) in [5.41, 5.74) is 7.00. The fraction of sp³-hybridized carbons (Fsp3) is 0.130. The number of nitrogens with zero attached hydrogens (tertiary/aromatic N) is 2. The maximum atomic E-state index is 13.5. The van der Waals surface area contributed by atoms with E-state index in [2.05, 4.69) is 10.3 Å². The van der Waals surface area contributed by atoms with E-state index in [4.69, 9.17) is 5.73 Å². The van der Waals surface area contributed by atoms with Gasteiger partial charge in [0.05, 0.1) is 23.1 Å². The lowest BCUT2D eigenvalue weighted by Crippen LogP contribution is -2.13. The molecule has 4 N–H and O–H groups in total. The molecule has 0 bridgehead atoms. The van der Waals surface area contributed by atoms with Crippen LogP contribution < -0.4 is 11.1 Å². The largest absolute Gasteiger partial charge is 0.508 e. The minimum Gasteiger partial charge on any atom is -0.508 e. The number of carbonyl (C=O) groups is 1. The van der Waals surface area contributed by atoms with E-state index in [9.17, 15) is 23.1 Å². The van der Waals surface area contributed by atoms with Gasteiger partial charge in [0.15, 0.2) is 0 Å². The molecule has 0 saturated heterocycles. The van der Waals surface area contributed by atoms with Crippen LogP contribution in [0, 0.1) is 6.92 Å². The van der Waals surface area contributed by atoms with Crippen LogP contribution in [0.15, 0.2) is 60.7 Å². The first-order valence-electron chi connectivity index (χ1n) is 9.65. The molecule has 0 aliphatic carbocycles. The number of fused-ring (bicyclic) bond motifs is 1. The fourth-order valence-electron chi connectivity index (χ4n) is 3.46. The smallest absolute Gasteiger partial charge is 0.416 e. The number of nitrogens with one attached hydrogen (secondary N) is 1. The van der Waals surface area contributed by atoms with Crippen molar-refractivity contribution in [2.24, 2.45) is 5.73 Å². The second-order valence-electron chi connectivity index (χ2n) is 7.37. The Kier molecular flexibility index (Phi) is 5.25. The van der Waals surface area contributed by atoms with Gasteiger partial charge in [0, 0.05) is 17.3 Å². The number of aryl methyl sites for hydroxylation is 1. The van der Waals surface area contributed by atoms with Crippen LogP contribution >= 0.6 is 0 Å². The van der Waals surface area contributed by atoms with Gasteiger partial charge in [-0.2, -0.15) is 13.2 Å². The minimum atomic E-state index is -4.51. The van der Waals surface area contributed by atoms with Crippen LogP contribution in [-0.4, -0.2) is 20.6 Å². The van der Waals surface area contributed by atoms with Gasteiger partial charge in [-0.05, 0) is 48.4 Å². The van der Waals surface area contributed by atoms with Crippen molar-refractivity contribution >= 4 is 28.6 Å². The molecule has 0 saturated carbocycles. The Morgan fingerprint density at radius 3 is 2.56 bits per heavy atom. The number of primary amides is 1. The average molecular weight is 440 g/mol. The van der Waals surface area contributed by atoms with Crippen molar-refractivity contribution in [2.75, 3.05) is 5.32 Å². The van der Waals surface area contributed by atoms with Crippen molar-refractivity contribution in [1.82, 2.24) is 9.55 Å². The number of imidazole rings is 1. The highest BCUT2D eigenvalue weighted by Gasteiger charge is 2.33. The molecule has 4 aromatic rings. The molecule has 0 spiro atoms. The zero-order valence-corrected chi connectivity index (χ0v) is 16.9. The van der Waals surface area contributed by atoms with Gasteiger partial charge in [-0.15, -0.1) is 0 Å². The number of hydrogen-bond acceptors (Lipinski definition) is 4. The zero-order valence-electron chi connectivity index (χ0n) is 16.9. The number of amides is 1. The Bertz CT molecular complexity index is 1330. The van der Waals surface area contributed by atoms with Crippen LogP contribution in [0.5, 0.6) is 5.75 Å². The number of aromatic hydroxyl groups is 1. The number of anilines is 2. The Balaban J connectivity index is 1.85. The van der Waals surface area contributed by atoms with Gasteiger partial charge in [0.2, 0.25) is 11.9 Å². The van der Waals surface area contributed by atoms with Crippen molar-refractivity contribution in [3.63, 3.8) is 0 Å². The average Bonchev–Trinajstić information content (AvgIpc) is 3.06. The Hall–Kier alpha value is -4.01. The summed E-state index contributed by atoms with van der Waals surface area (Å²) in [5, 5.41) is 13.1. The van der Waals surface area contributed by atoms with E-state index in [-0.39, 0.29) is 29.4 Å². The van der Waals surface area contributed by atoms with Crippen LogP contribution in [0.1, 0.15) is 27.0 Å². The van der Waals surface area contributed by atoms with Crippen LogP contribution in [-0.2, 0) is 12.7 Å². The molecular formula is C23H19F3N4O2. The minimum absolute atomic E-state index is 0.0630. The van der Waals surface area contributed by atoms with Crippen LogP contribution in [0.4, 0.5) is 24.8 Å². The molecule has 32 heavy (non-hydrogen) atoms. The summed E-state index contributed by atoms with van der Waals surface area (Å²) in [6, 6.07) is 14.8. The number of rotatable bonds is 5. The van der Waals surface area contributed by atoms with Crippen LogP contribution in [0.25, 0.3) is 11.0 Å². The quantitative estimate of drug-likeness (QED) is 0.409. The predicted octanol–water partition coefficient (Wildman–Crippen LogP) is 4.96. The number of aromatic nitrogens is 2. The molecule has 0 radical (unpaired) electrons. The molecule has 4 rings (SSSR count). The molecule has 1 aromatic heterocycles. The summed E-state index contributed by atoms with van der Waals surface area (Å²) in [4.78, 5) is 16.0. The van der Waals surface area contributed by atoms with Crippen molar-refractivity contribution in [2.45, 2.75) is 19.6 Å². The Morgan fingerprint density at radius 1 is 1.12 bits per heavy atom. The first-order valence-corrected chi connectivity index (χ1v) is 9.65. The Morgan fingerprint density at radius 2 is 1.88 bits per heavy atom. The van der Waals surface area contributed by atoms with E-state index in [1.807, 2.05) is 0 Å². The van der Waals surface area contributed by atoms with E-state index >= 15 is 0 Å². The number of hydrogen-bond donors (Lipinski definition) is 3. The zero-order chi connectivity index (χ0) is 23.0. The highest BCUT2D eigenvalue weighted by molar-refractivity contribution is 5.96. The Labute approximate surface area is 181 Å². The summed E-state index contributed by atoms with van der Waals surface area (Å²) in [6.07, 6.45) is -4.51. The van der Waals surface area contributed by atoms with E-state index in [1.165, 1.54) is 30.3 Å². The third-order valence-electron chi connectivity index (χ3n) is 5.15. The van der Waals surface area contributed by atoms with E-state index < -0.39 is 17.6 Å². The molecule has 0 fully saturated rings. The molecule has 1 heterocycles. The molecular weight excluding hydrogens is 421 g/mol. The highest BCUT2D eigenvalue weighted by Crippen LogP contribution is 2.34. The number of phenolic OH excluding ortho intramolecular Hbond substituents is 1. The van der Waals surface area contributed by atoms with Crippen molar-refractivity contribution in [3.8, 4) is 5.75 Å². The van der Waals surface area contributed by atoms with Gasteiger partial charge in [0.25, 0.3) is 0 Å². The SMILES string of the molecule is Cc1ccc(Nc2nc3cc(C(N)=O)ccc3n2Cc2ccccc2C(F)(F)F)cc1O. The summed E-state index contributed by atoms with van der Waals surface area (Å²) in [5.74, 6) is -0.320. The number of carbonyl (C=O) groups excluding carboxylic acids is 1. The summed E-state index contributed by atoms with van der Waals surface area (Å²) >= 11 is 0. The van der Waals surface area contributed by atoms with Gasteiger partial charge in [-0.1, -0.05) is 24.3 Å². The number of benzene rings is 3. The molecule has 1 amide bonds. The third kappa shape index (κ3) is 4.09. The van der Waals surface area contributed by atoms with E-state index in [1.54, 1.807) is 35.8 Å². The van der Waals surface area contributed by atoms with Gasteiger partial charge in [-0.25, -0.2) is 4.98 Å². The van der Waals surface area contributed by atoms with Gasteiger partial charge < -0.3 is 20.7 Å². The predicted molar refractivity (Wildman–Crippen MR) is 115 cm³/mol. The maximum Gasteiger partial charge on any atom is 0.416 e. The van der Waals surface area contributed by atoms with Crippen molar-refractivity contribution in [1.29, 1.82) is 0 Å². The first kappa shape index (κ1) is 21.2. The van der Waals surface area contributed by atoms with Crippen molar-refractivity contribution < 1.29 is 23.1 Å². The highest BCUT2D eigenvalue weighted by atomic mass is 19.4. The third-order valence-corrected chi connectivity index (χ3v) is 5.15. The van der Waals surface area contributed by atoms with Crippen LogP contribution in [0.2, 0.25) is 0 Å². The van der Waals surface area contributed by atoms with Gasteiger partial charge >= 0.3 is 6.18 Å². The van der Waals surface area contributed by atoms with E-state index in [0.29, 0.717) is 22.3 Å². The molecule has 3 aromatic carbocycles. The lowest BCUT2D eigenvalue weighted by atomic mass is 10.1. The lowest BCUT2D eigenvalue weighted by molar-refractivity contribution is -0.138. The molecule has 0 aliphatic heterocycles. The van der Waals surface area contributed by atoms with Gasteiger partial charge in [0.1, 0.15) is 5.75 Å². The molecule has 0 unspecified atom stereocenters. The monoisotopic (exact) mass is 440 g/mol. The second kappa shape index (κ2) is 7.92. The maximum absolute atomic E-state index is 13.5. The second-order valence-corrected chi connectivity index (χ2v) is 7.37. The van der Waals surface area contributed by atoms with Crippen LogP contribution in [0.3, 0.4) is 0 Å². The summed E-state index contributed by atoms with van der Waals surface area (Å²) < 4.78 is 42.2. The molecule has 9 heteroatoms. The lowest BCUT2D eigenvalue weighted by Gasteiger charge is -2.16. The van der Waals surface area contributed by atoms with Crippen molar-refractivity contribution in [3.05, 3.63) is 82.9 Å². The van der Waals surface area contributed by atoms with Gasteiger partial charge in [-0.3, -0.25) is 4.79 Å². The summed E-state index contributed by atoms with van der Waals surface area (Å²) in [7, 11) is 0. The molecule has 164 valence electrons.